The summed E-state index contributed by atoms with van der Waals surface area (Å²) >= 11 is 0. The molecule has 0 aliphatic carbocycles. The standard InChI is InChI=1S/C30H38N2O3S/c1-22-7-13-29(14-8-22)36(34,35)32-21-25(10-9-23(2)30(33)27-15-17-31-18-16-27)19-24-11-12-26-5-3-4-6-28(26)20-24/h3-8,11-14,20,23,25,27,31-32H,9-10,15-19,21H2,1-2H3/t23?,25-/m1/s1. The Balaban J connectivity index is 1.45. The number of fused-ring (bicyclic) bond motifs is 1. The van der Waals surface area contributed by atoms with Crippen LogP contribution >= 0.6 is 0 Å². The molecule has 1 aliphatic rings. The molecule has 0 aromatic heterocycles. The predicted octanol–water partition coefficient (Wildman–Crippen LogP) is 5.27. The Labute approximate surface area is 215 Å². The number of carbonyl (C=O) groups excluding carboxylic acids is 1. The number of rotatable bonds is 11. The average Bonchev–Trinajstić information content (AvgIpc) is 2.90. The third kappa shape index (κ3) is 7.02. The summed E-state index contributed by atoms with van der Waals surface area (Å²) in [4.78, 5) is 13.3. The highest BCUT2D eigenvalue weighted by Gasteiger charge is 2.26. The summed E-state index contributed by atoms with van der Waals surface area (Å²) in [6.07, 6.45) is 4.16. The lowest BCUT2D eigenvalue weighted by atomic mass is 9.83. The first-order valence-electron chi connectivity index (χ1n) is 13.1. The van der Waals surface area contributed by atoms with Crippen molar-refractivity contribution >= 4 is 26.6 Å². The van der Waals surface area contributed by atoms with Crippen molar-refractivity contribution in [3.8, 4) is 0 Å². The van der Waals surface area contributed by atoms with Gasteiger partial charge in [0.2, 0.25) is 10.0 Å². The summed E-state index contributed by atoms with van der Waals surface area (Å²) in [6.45, 7) is 6.14. The second-order valence-corrected chi connectivity index (χ2v) is 12.1. The maximum Gasteiger partial charge on any atom is 0.240 e. The van der Waals surface area contributed by atoms with Crippen LogP contribution in [-0.4, -0.2) is 33.8 Å². The number of benzene rings is 3. The number of aryl methyl sites for hydroxylation is 1. The van der Waals surface area contributed by atoms with E-state index < -0.39 is 10.0 Å². The summed E-state index contributed by atoms with van der Waals surface area (Å²) < 4.78 is 28.8. The first kappa shape index (κ1) is 26.5. The third-order valence-electron chi connectivity index (χ3n) is 7.47. The van der Waals surface area contributed by atoms with Gasteiger partial charge < -0.3 is 5.32 Å². The normalized spacial score (nSPS) is 16.6. The summed E-state index contributed by atoms with van der Waals surface area (Å²) in [6, 6.07) is 21.7. The van der Waals surface area contributed by atoms with Gasteiger partial charge in [-0.3, -0.25) is 4.79 Å². The predicted molar refractivity (Wildman–Crippen MR) is 147 cm³/mol. The molecule has 6 heteroatoms. The minimum atomic E-state index is -3.59. The number of nitrogens with one attached hydrogen (secondary N) is 2. The van der Waals surface area contributed by atoms with Crippen LogP contribution in [0.1, 0.15) is 43.7 Å². The van der Waals surface area contributed by atoms with Gasteiger partial charge >= 0.3 is 0 Å². The van der Waals surface area contributed by atoms with Crippen molar-refractivity contribution in [3.63, 3.8) is 0 Å². The number of ketones is 1. The molecule has 36 heavy (non-hydrogen) atoms. The maximum absolute atomic E-state index is 13.0. The van der Waals surface area contributed by atoms with Crippen molar-refractivity contribution in [3.05, 3.63) is 77.9 Å². The quantitative estimate of drug-likeness (QED) is 0.372. The van der Waals surface area contributed by atoms with Crippen LogP contribution in [0.2, 0.25) is 0 Å². The van der Waals surface area contributed by atoms with Crippen molar-refractivity contribution in [2.75, 3.05) is 19.6 Å². The van der Waals surface area contributed by atoms with E-state index in [0.29, 0.717) is 12.3 Å². The molecule has 3 aromatic carbocycles. The fourth-order valence-electron chi connectivity index (χ4n) is 5.14. The highest BCUT2D eigenvalue weighted by Crippen LogP contribution is 2.25. The summed E-state index contributed by atoms with van der Waals surface area (Å²) in [5.41, 5.74) is 2.21. The highest BCUT2D eigenvalue weighted by atomic mass is 32.2. The molecule has 1 heterocycles. The van der Waals surface area contributed by atoms with E-state index >= 15 is 0 Å². The molecule has 2 N–H and O–H groups in total. The Bertz CT molecular complexity index is 1260. The molecular weight excluding hydrogens is 468 g/mol. The smallest absolute Gasteiger partial charge is 0.240 e. The van der Waals surface area contributed by atoms with Gasteiger partial charge in [0, 0.05) is 18.4 Å². The van der Waals surface area contributed by atoms with Crippen LogP contribution in [0.15, 0.2) is 71.6 Å². The molecule has 4 rings (SSSR count). The van der Waals surface area contributed by atoms with Crippen LogP contribution in [0.4, 0.5) is 0 Å². The van der Waals surface area contributed by atoms with Gasteiger partial charge in [-0.05, 0) is 86.5 Å². The lowest BCUT2D eigenvalue weighted by molar-refractivity contribution is -0.127. The molecule has 192 valence electrons. The topological polar surface area (TPSA) is 75.3 Å². The first-order chi connectivity index (χ1) is 17.3. The molecule has 0 spiro atoms. The fraction of sp³-hybridized carbons (Fsp3) is 0.433. The number of Topliss-reactive ketones (excluding diaryl/α,β-unsaturated/α-hetero) is 1. The molecule has 1 aliphatic heterocycles. The van der Waals surface area contributed by atoms with Crippen molar-refractivity contribution < 1.29 is 13.2 Å². The van der Waals surface area contributed by atoms with Crippen molar-refractivity contribution in [2.45, 2.75) is 50.8 Å². The van der Waals surface area contributed by atoms with Crippen LogP contribution in [0.25, 0.3) is 10.8 Å². The van der Waals surface area contributed by atoms with Gasteiger partial charge in [0.15, 0.2) is 0 Å². The first-order valence-corrected chi connectivity index (χ1v) is 14.6. The zero-order valence-corrected chi connectivity index (χ0v) is 22.2. The van der Waals surface area contributed by atoms with E-state index in [2.05, 4.69) is 40.4 Å². The zero-order valence-electron chi connectivity index (χ0n) is 21.4. The van der Waals surface area contributed by atoms with Crippen LogP contribution in [0, 0.1) is 24.7 Å². The zero-order chi connectivity index (χ0) is 25.5. The largest absolute Gasteiger partial charge is 0.317 e. The van der Waals surface area contributed by atoms with Gasteiger partial charge in [-0.15, -0.1) is 0 Å². The van der Waals surface area contributed by atoms with Gasteiger partial charge in [-0.1, -0.05) is 67.1 Å². The van der Waals surface area contributed by atoms with Gasteiger partial charge in [-0.25, -0.2) is 13.1 Å². The molecule has 0 radical (unpaired) electrons. The fourth-order valence-corrected chi connectivity index (χ4v) is 6.26. The number of carbonyl (C=O) groups is 1. The van der Waals surface area contributed by atoms with Gasteiger partial charge in [0.1, 0.15) is 5.78 Å². The Morgan fingerprint density at radius 2 is 1.67 bits per heavy atom. The molecular formula is C30H38N2O3S. The Morgan fingerprint density at radius 1 is 0.972 bits per heavy atom. The summed E-state index contributed by atoms with van der Waals surface area (Å²) in [5.74, 6) is 0.594. The number of hydrogen-bond donors (Lipinski definition) is 2. The van der Waals surface area contributed by atoms with Crippen LogP contribution in [0.5, 0.6) is 0 Å². The van der Waals surface area contributed by atoms with Crippen LogP contribution in [-0.2, 0) is 21.2 Å². The molecule has 1 saturated heterocycles. The molecule has 5 nitrogen and oxygen atoms in total. The lowest BCUT2D eigenvalue weighted by Crippen LogP contribution is -2.34. The molecule has 1 fully saturated rings. The van der Waals surface area contributed by atoms with Crippen molar-refractivity contribution in [2.24, 2.45) is 17.8 Å². The Kier molecular flexibility index (Phi) is 8.94. The van der Waals surface area contributed by atoms with Gasteiger partial charge in [-0.2, -0.15) is 0 Å². The number of hydrogen-bond acceptors (Lipinski definition) is 4. The second kappa shape index (κ2) is 12.1. The SMILES string of the molecule is Cc1ccc(S(=O)(=O)NC[C@H](CCC(C)C(=O)C2CCNCC2)Cc2ccc3ccccc3c2)cc1. The second-order valence-electron chi connectivity index (χ2n) is 10.3. The van der Waals surface area contributed by atoms with E-state index in [1.165, 1.54) is 16.3 Å². The van der Waals surface area contributed by atoms with Crippen LogP contribution < -0.4 is 10.0 Å². The average molecular weight is 507 g/mol. The number of piperidine rings is 1. The molecule has 2 atom stereocenters. The van der Waals surface area contributed by atoms with E-state index in [4.69, 9.17) is 0 Å². The Hall–Kier alpha value is -2.54. The van der Waals surface area contributed by atoms with Crippen molar-refractivity contribution in [1.82, 2.24) is 10.0 Å². The van der Waals surface area contributed by atoms with Gasteiger partial charge in [0.05, 0.1) is 4.90 Å². The van der Waals surface area contributed by atoms with Crippen LogP contribution in [0.3, 0.4) is 0 Å². The van der Waals surface area contributed by atoms with E-state index in [9.17, 15) is 13.2 Å². The monoisotopic (exact) mass is 506 g/mol. The molecule has 0 amide bonds. The summed E-state index contributed by atoms with van der Waals surface area (Å²) in [5, 5.41) is 5.71. The van der Waals surface area contributed by atoms with E-state index in [0.717, 1.165) is 50.8 Å². The maximum atomic E-state index is 13.0. The minimum Gasteiger partial charge on any atom is -0.317 e. The van der Waals surface area contributed by atoms with Gasteiger partial charge in [0.25, 0.3) is 0 Å². The molecule has 1 unspecified atom stereocenters. The van der Waals surface area contributed by atoms with E-state index in [1.54, 1.807) is 12.1 Å². The lowest BCUT2D eigenvalue weighted by Gasteiger charge is -2.25. The minimum absolute atomic E-state index is 0.0130. The third-order valence-corrected chi connectivity index (χ3v) is 8.91. The number of sulfonamides is 1. The molecule has 0 bridgehead atoms. The Morgan fingerprint density at radius 3 is 2.39 bits per heavy atom. The highest BCUT2D eigenvalue weighted by molar-refractivity contribution is 7.89. The molecule has 0 saturated carbocycles. The molecule has 3 aromatic rings. The summed E-state index contributed by atoms with van der Waals surface area (Å²) in [7, 11) is -3.59. The van der Waals surface area contributed by atoms with E-state index in [-0.39, 0.29) is 22.6 Å². The van der Waals surface area contributed by atoms with E-state index in [1.807, 2.05) is 38.1 Å². The van der Waals surface area contributed by atoms with Crippen molar-refractivity contribution in [1.29, 1.82) is 0 Å².